The number of imide groups is 1. The number of nitrogens with one attached hydrogen (secondary N) is 1. The number of nitrogens with zero attached hydrogens (tertiary/aromatic N) is 1. The summed E-state index contributed by atoms with van der Waals surface area (Å²) in [6, 6.07) is 17.1. The van der Waals surface area contributed by atoms with Crippen molar-refractivity contribution in [3.63, 3.8) is 0 Å². The molecular weight excluding hydrogens is 312 g/mol. The van der Waals surface area contributed by atoms with Gasteiger partial charge in [-0.25, -0.2) is 0 Å². The minimum atomic E-state index is -0.263. The first-order valence-corrected chi connectivity index (χ1v) is 8.47. The fraction of sp³-hybridized carbons (Fsp3) is 0.238. The van der Waals surface area contributed by atoms with Crippen LogP contribution in [0, 0.1) is 12.8 Å². The maximum absolute atomic E-state index is 12.9. The summed E-state index contributed by atoms with van der Waals surface area (Å²) in [4.78, 5) is 27.2. The van der Waals surface area contributed by atoms with Crippen LogP contribution in [0.2, 0.25) is 0 Å². The summed E-state index contributed by atoms with van der Waals surface area (Å²) in [5, 5.41) is 3.21. The third kappa shape index (κ3) is 3.33. The summed E-state index contributed by atoms with van der Waals surface area (Å²) in [5.41, 5.74) is 3.40. The first-order valence-electron chi connectivity index (χ1n) is 8.47. The van der Waals surface area contributed by atoms with Crippen LogP contribution >= 0.6 is 0 Å². The Balaban J connectivity index is 2.07. The van der Waals surface area contributed by atoms with E-state index in [9.17, 15) is 9.59 Å². The number of carbonyl (C=O) groups excluding carboxylic acids is 2. The van der Waals surface area contributed by atoms with Gasteiger partial charge < -0.3 is 5.32 Å². The molecule has 2 amide bonds. The standard InChI is InChI=1S/C21H22N2O2/c1-14(2)13-23-20(24)18(16-10-5-4-6-11-16)19(21(23)25)22-17-12-8-7-9-15(17)3/h4-12,14,22H,13H2,1-3H3. The van der Waals surface area contributed by atoms with Crippen LogP contribution in [0.5, 0.6) is 0 Å². The van der Waals surface area contributed by atoms with Crippen LogP contribution in [-0.4, -0.2) is 23.3 Å². The Kier molecular flexibility index (Phi) is 4.70. The Bertz CT molecular complexity index is 838. The molecule has 1 aliphatic heterocycles. The van der Waals surface area contributed by atoms with Gasteiger partial charge in [0.2, 0.25) is 0 Å². The zero-order chi connectivity index (χ0) is 18.0. The van der Waals surface area contributed by atoms with Gasteiger partial charge in [-0.2, -0.15) is 0 Å². The number of benzene rings is 2. The minimum absolute atomic E-state index is 0.211. The minimum Gasteiger partial charge on any atom is -0.350 e. The first-order chi connectivity index (χ1) is 12.0. The zero-order valence-electron chi connectivity index (χ0n) is 14.7. The second-order valence-corrected chi connectivity index (χ2v) is 6.67. The van der Waals surface area contributed by atoms with E-state index >= 15 is 0 Å². The molecule has 0 aliphatic carbocycles. The Morgan fingerprint density at radius 1 is 0.920 bits per heavy atom. The lowest BCUT2D eigenvalue weighted by atomic mass is 10.0. The molecule has 0 bridgehead atoms. The van der Waals surface area contributed by atoms with Crippen LogP contribution in [0.3, 0.4) is 0 Å². The van der Waals surface area contributed by atoms with Crippen LogP contribution in [0.1, 0.15) is 25.0 Å². The van der Waals surface area contributed by atoms with Crippen molar-refractivity contribution in [1.82, 2.24) is 4.90 Å². The molecule has 4 nitrogen and oxygen atoms in total. The predicted molar refractivity (Wildman–Crippen MR) is 99.7 cm³/mol. The number of amides is 2. The quantitative estimate of drug-likeness (QED) is 0.845. The molecule has 1 N–H and O–H groups in total. The van der Waals surface area contributed by atoms with Crippen LogP contribution < -0.4 is 5.32 Å². The highest BCUT2D eigenvalue weighted by Crippen LogP contribution is 2.31. The summed E-state index contributed by atoms with van der Waals surface area (Å²) >= 11 is 0. The fourth-order valence-electron chi connectivity index (χ4n) is 2.94. The van der Waals surface area contributed by atoms with Gasteiger partial charge in [-0.15, -0.1) is 0 Å². The third-order valence-corrected chi connectivity index (χ3v) is 4.18. The van der Waals surface area contributed by atoms with Crippen LogP contribution in [0.4, 0.5) is 5.69 Å². The van der Waals surface area contributed by atoms with Crippen molar-refractivity contribution >= 4 is 23.1 Å². The van der Waals surface area contributed by atoms with Gasteiger partial charge in [0.1, 0.15) is 5.70 Å². The lowest BCUT2D eigenvalue weighted by molar-refractivity contribution is -0.137. The van der Waals surface area contributed by atoms with Gasteiger partial charge in [-0.3, -0.25) is 14.5 Å². The number of anilines is 1. The smallest absolute Gasteiger partial charge is 0.278 e. The van der Waals surface area contributed by atoms with Gasteiger partial charge in [-0.1, -0.05) is 62.4 Å². The summed E-state index contributed by atoms with van der Waals surface area (Å²) < 4.78 is 0. The van der Waals surface area contributed by atoms with Crippen molar-refractivity contribution in [3.05, 3.63) is 71.4 Å². The number of hydrogen-bond acceptors (Lipinski definition) is 3. The number of para-hydroxylation sites is 1. The van der Waals surface area contributed by atoms with Gasteiger partial charge >= 0.3 is 0 Å². The van der Waals surface area contributed by atoms with E-state index in [1.54, 1.807) is 0 Å². The third-order valence-electron chi connectivity index (χ3n) is 4.18. The monoisotopic (exact) mass is 334 g/mol. The molecule has 25 heavy (non-hydrogen) atoms. The Morgan fingerprint density at radius 3 is 2.20 bits per heavy atom. The second kappa shape index (κ2) is 6.93. The van der Waals surface area contributed by atoms with E-state index in [-0.39, 0.29) is 17.7 Å². The normalized spacial score (nSPS) is 14.6. The lowest BCUT2D eigenvalue weighted by Gasteiger charge is -2.17. The molecule has 4 heteroatoms. The average molecular weight is 334 g/mol. The molecule has 3 rings (SSSR count). The molecule has 0 spiro atoms. The molecule has 1 aliphatic rings. The van der Waals surface area contributed by atoms with Gasteiger partial charge in [0, 0.05) is 12.2 Å². The molecule has 0 fully saturated rings. The highest BCUT2D eigenvalue weighted by Gasteiger charge is 2.39. The molecule has 1 heterocycles. The molecule has 0 aromatic heterocycles. The molecule has 0 unspecified atom stereocenters. The second-order valence-electron chi connectivity index (χ2n) is 6.67. The number of hydrogen-bond donors (Lipinski definition) is 1. The van der Waals surface area contributed by atoms with E-state index < -0.39 is 0 Å². The zero-order valence-corrected chi connectivity index (χ0v) is 14.7. The van der Waals surface area contributed by atoms with E-state index in [1.165, 1.54) is 4.90 Å². The number of rotatable bonds is 5. The van der Waals surface area contributed by atoms with Crippen molar-refractivity contribution in [2.45, 2.75) is 20.8 Å². The first kappa shape index (κ1) is 17.0. The Hall–Kier alpha value is -2.88. The van der Waals surface area contributed by atoms with Gasteiger partial charge in [0.15, 0.2) is 0 Å². The van der Waals surface area contributed by atoms with E-state index in [0.29, 0.717) is 17.8 Å². The molecule has 0 atom stereocenters. The summed E-state index contributed by atoms with van der Waals surface area (Å²) in [6.07, 6.45) is 0. The fourth-order valence-corrected chi connectivity index (χ4v) is 2.94. The number of aryl methyl sites for hydroxylation is 1. The molecule has 2 aromatic rings. The topological polar surface area (TPSA) is 49.4 Å². The van der Waals surface area contributed by atoms with Crippen LogP contribution in [-0.2, 0) is 9.59 Å². The molecule has 128 valence electrons. The predicted octanol–water partition coefficient (Wildman–Crippen LogP) is 3.84. The summed E-state index contributed by atoms with van der Waals surface area (Å²) in [7, 11) is 0. The Morgan fingerprint density at radius 2 is 1.56 bits per heavy atom. The SMILES string of the molecule is Cc1ccccc1NC1=C(c2ccccc2)C(=O)N(CC(C)C)C1=O. The largest absolute Gasteiger partial charge is 0.350 e. The van der Waals surface area contributed by atoms with E-state index in [4.69, 9.17) is 0 Å². The van der Waals surface area contributed by atoms with Crippen molar-refractivity contribution in [2.75, 3.05) is 11.9 Å². The van der Waals surface area contributed by atoms with Gasteiger partial charge in [-0.05, 0) is 30.0 Å². The highest BCUT2D eigenvalue weighted by molar-refractivity contribution is 6.36. The maximum atomic E-state index is 12.9. The van der Waals surface area contributed by atoms with Gasteiger partial charge in [0.05, 0.1) is 5.57 Å². The van der Waals surface area contributed by atoms with E-state index in [1.807, 2.05) is 75.4 Å². The average Bonchev–Trinajstić information content (AvgIpc) is 2.82. The molecule has 0 saturated carbocycles. The molecule has 0 radical (unpaired) electrons. The van der Waals surface area contributed by atoms with E-state index in [0.717, 1.165) is 16.8 Å². The molecule has 2 aromatic carbocycles. The molecule has 0 saturated heterocycles. The van der Waals surface area contributed by atoms with Crippen LogP contribution in [0.25, 0.3) is 5.57 Å². The molecular formula is C21H22N2O2. The lowest BCUT2D eigenvalue weighted by Crippen LogP contribution is -2.35. The van der Waals surface area contributed by atoms with Gasteiger partial charge in [0.25, 0.3) is 11.8 Å². The van der Waals surface area contributed by atoms with Crippen molar-refractivity contribution in [1.29, 1.82) is 0 Å². The van der Waals surface area contributed by atoms with E-state index in [2.05, 4.69) is 5.32 Å². The highest BCUT2D eigenvalue weighted by atomic mass is 16.2. The van der Waals surface area contributed by atoms with Crippen molar-refractivity contribution in [2.24, 2.45) is 5.92 Å². The number of carbonyl (C=O) groups is 2. The van der Waals surface area contributed by atoms with Crippen molar-refractivity contribution in [3.8, 4) is 0 Å². The Labute approximate surface area is 148 Å². The summed E-state index contributed by atoms with van der Waals surface area (Å²) in [5.74, 6) is -0.287. The summed E-state index contributed by atoms with van der Waals surface area (Å²) in [6.45, 7) is 6.37. The van der Waals surface area contributed by atoms with Crippen LogP contribution in [0.15, 0.2) is 60.3 Å². The maximum Gasteiger partial charge on any atom is 0.278 e. The van der Waals surface area contributed by atoms with Crippen molar-refractivity contribution < 1.29 is 9.59 Å².